The minimum Gasteiger partial charge on any atom is -0.300 e. The summed E-state index contributed by atoms with van der Waals surface area (Å²) >= 11 is 0. The van der Waals surface area contributed by atoms with Gasteiger partial charge in [0.2, 0.25) is 0 Å². The first-order valence-corrected chi connectivity index (χ1v) is 5.84. The molecular formula is C12H21NO. The maximum Gasteiger partial charge on any atom is 0.139 e. The third kappa shape index (κ3) is 1.60. The first-order valence-electron chi connectivity index (χ1n) is 5.84. The van der Waals surface area contributed by atoms with E-state index in [9.17, 15) is 4.79 Å². The molecule has 4 atom stereocenters. The van der Waals surface area contributed by atoms with Crippen LogP contribution in [0.5, 0.6) is 0 Å². The Morgan fingerprint density at radius 3 is 2.71 bits per heavy atom. The third-order valence-corrected chi connectivity index (χ3v) is 4.21. The van der Waals surface area contributed by atoms with Crippen LogP contribution < -0.4 is 0 Å². The van der Waals surface area contributed by atoms with Crippen LogP contribution >= 0.6 is 0 Å². The Bertz CT molecular complexity index is 238. The summed E-state index contributed by atoms with van der Waals surface area (Å²) in [7, 11) is 2.19. The van der Waals surface area contributed by atoms with Crippen molar-refractivity contribution in [1.82, 2.24) is 4.90 Å². The van der Waals surface area contributed by atoms with Gasteiger partial charge in [-0.05, 0) is 39.2 Å². The predicted molar refractivity (Wildman–Crippen MR) is 57.1 cm³/mol. The van der Waals surface area contributed by atoms with Crippen molar-refractivity contribution < 1.29 is 4.79 Å². The van der Waals surface area contributed by atoms with Gasteiger partial charge in [0.1, 0.15) is 5.78 Å². The number of nitrogens with zero attached hydrogens (tertiary/aromatic N) is 1. The molecule has 0 N–H and O–H groups in total. The Kier molecular flexibility index (Phi) is 2.65. The molecule has 0 aromatic rings. The van der Waals surface area contributed by atoms with Gasteiger partial charge in [-0.15, -0.1) is 0 Å². The van der Waals surface area contributed by atoms with Crippen molar-refractivity contribution in [3.8, 4) is 0 Å². The molecule has 0 bridgehead atoms. The van der Waals surface area contributed by atoms with Crippen molar-refractivity contribution in [2.75, 3.05) is 7.05 Å². The molecule has 1 heterocycles. The summed E-state index contributed by atoms with van der Waals surface area (Å²) in [5.41, 5.74) is 0. The lowest BCUT2D eigenvalue weighted by molar-refractivity contribution is -0.133. The fourth-order valence-electron chi connectivity index (χ4n) is 3.09. The van der Waals surface area contributed by atoms with Crippen molar-refractivity contribution >= 4 is 5.78 Å². The van der Waals surface area contributed by atoms with Gasteiger partial charge in [0, 0.05) is 24.4 Å². The Balaban J connectivity index is 2.15. The average molecular weight is 195 g/mol. The van der Waals surface area contributed by atoms with Gasteiger partial charge in [0.15, 0.2) is 0 Å². The third-order valence-electron chi connectivity index (χ3n) is 4.21. The van der Waals surface area contributed by atoms with E-state index < -0.39 is 0 Å². The summed E-state index contributed by atoms with van der Waals surface area (Å²) in [5.74, 6) is 1.68. The number of rotatable bonds is 0. The van der Waals surface area contributed by atoms with E-state index in [1.807, 2.05) is 0 Å². The summed E-state index contributed by atoms with van der Waals surface area (Å²) < 4.78 is 0. The Morgan fingerprint density at radius 2 is 2.00 bits per heavy atom. The molecule has 2 aliphatic rings. The van der Waals surface area contributed by atoms with Crippen LogP contribution in [0.3, 0.4) is 0 Å². The molecule has 1 saturated heterocycles. The molecule has 0 radical (unpaired) electrons. The quantitative estimate of drug-likeness (QED) is 0.590. The van der Waals surface area contributed by atoms with Crippen LogP contribution in [0.25, 0.3) is 0 Å². The highest BCUT2D eigenvalue weighted by Gasteiger charge is 2.41. The Hall–Kier alpha value is -0.370. The standard InChI is InChI=1S/C12H21NO/c1-8-4-5-10-11(6-8)13(3)9(2)7-12(10)14/h8-11H,4-7H2,1-3H3. The van der Waals surface area contributed by atoms with E-state index in [-0.39, 0.29) is 0 Å². The number of hydrogen-bond acceptors (Lipinski definition) is 2. The van der Waals surface area contributed by atoms with Gasteiger partial charge in [0.05, 0.1) is 0 Å². The maximum absolute atomic E-state index is 11.9. The molecule has 80 valence electrons. The van der Waals surface area contributed by atoms with Crippen molar-refractivity contribution in [2.24, 2.45) is 11.8 Å². The summed E-state index contributed by atoms with van der Waals surface area (Å²) in [6, 6.07) is 0.990. The van der Waals surface area contributed by atoms with E-state index in [0.29, 0.717) is 23.8 Å². The smallest absolute Gasteiger partial charge is 0.139 e. The molecule has 4 unspecified atom stereocenters. The maximum atomic E-state index is 11.9. The van der Waals surface area contributed by atoms with Gasteiger partial charge < -0.3 is 0 Å². The molecule has 0 amide bonds. The van der Waals surface area contributed by atoms with E-state index in [4.69, 9.17) is 0 Å². The molecule has 14 heavy (non-hydrogen) atoms. The molecule has 1 aliphatic carbocycles. The van der Waals surface area contributed by atoms with Crippen molar-refractivity contribution in [3.63, 3.8) is 0 Å². The van der Waals surface area contributed by atoms with Gasteiger partial charge in [-0.25, -0.2) is 0 Å². The zero-order chi connectivity index (χ0) is 10.3. The lowest BCUT2D eigenvalue weighted by Gasteiger charge is -2.46. The van der Waals surface area contributed by atoms with Crippen LogP contribution in [-0.2, 0) is 4.79 Å². The minimum absolute atomic E-state index is 0.354. The second-order valence-corrected chi connectivity index (χ2v) is 5.28. The summed E-state index contributed by atoms with van der Waals surface area (Å²) in [6.45, 7) is 4.49. The number of ketones is 1. The number of piperidine rings is 1. The van der Waals surface area contributed by atoms with Crippen LogP contribution in [0, 0.1) is 11.8 Å². The molecule has 2 heteroatoms. The minimum atomic E-state index is 0.354. The van der Waals surface area contributed by atoms with Crippen LogP contribution in [0.2, 0.25) is 0 Å². The van der Waals surface area contributed by atoms with Crippen molar-refractivity contribution in [1.29, 1.82) is 0 Å². The Labute approximate surface area is 86.7 Å². The number of likely N-dealkylation sites (tertiary alicyclic amines) is 1. The predicted octanol–water partition coefficient (Wildman–Crippen LogP) is 2.08. The fraction of sp³-hybridized carbons (Fsp3) is 0.917. The normalized spacial score (nSPS) is 44.9. The number of Topliss-reactive ketones (excluding diaryl/α,β-unsaturated/α-hetero) is 1. The van der Waals surface area contributed by atoms with Crippen molar-refractivity contribution in [2.45, 2.75) is 51.6 Å². The molecule has 0 aromatic heterocycles. The lowest BCUT2D eigenvalue weighted by atomic mass is 9.72. The highest BCUT2D eigenvalue weighted by atomic mass is 16.1. The molecule has 0 aromatic carbocycles. The molecule has 1 saturated carbocycles. The number of carbonyl (C=O) groups is 1. The zero-order valence-corrected chi connectivity index (χ0v) is 9.49. The van der Waals surface area contributed by atoms with E-state index in [2.05, 4.69) is 25.8 Å². The number of hydrogen-bond donors (Lipinski definition) is 0. The van der Waals surface area contributed by atoms with Gasteiger partial charge in [0.25, 0.3) is 0 Å². The van der Waals surface area contributed by atoms with Gasteiger partial charge in [-0.3, -0.25) is 9.69 Å². The first kappa shape index (κ1) is 10.2. The average Bonchev–Trinajstić information content (AvgIpc) is 2.14. The fourth-order valence-corrected chi connectivity index (χ4v) is 3.09. The van der Waals surface area contributed by atoms with Crippen LogP contribution in [0.4, 0.5) is 0 Å². The molecular weight excluding hydrogens is 174 g/mol. The second kappa shape index (κ2) is 3.65. The van der Waals surface area contributed by atoms with Gasteiger partial charge >= 0.3 is 0 Å². The molecule has 2 fully saturated rings. The van der Waals surface area contributed by atoms with Gasteiger partial charge in [-0.2, -0.15) is 0 Å². The van der Waals surface area contributed by atoms with Crippen LogP contribution in [-0.4, -0.2) is 29.8 Å². The first-order chi connectivity index (χ1) is 6.59. The van der Waals surface area contributed by atoms with Crippen molar-refractivity contribution in [3.05, 3.63) is 0 Å². The van der Waals surface area contributed by atoms with Crippen LogP contribution in [0.15, 0.2) is 0 Å². The van der Waals surface area contributed by atoms with Crippen LogP contribution in [0.1, 0.15) is 39.5 Å². The van der Waals surface area contributed by atoms with Gasteiger partial charge in [-0.1, -0.05) is 6.92 Å². The van der Waals surface area contributed by atoms with E-state index in [1.165, 1.54) is 12.8 Å². The lowest BCUT2D eigenvalue weighted by Crippen LogP contribution is -2.53. The summed E-state index contributed by atoms with van der Waals surface area (Å²) in [4.78, 5) is 14.3. The molecule has 0 spiro atoms. The number of carbonyl (C=O) groups excluding carboxylic acids is 1. The zero-order valence-electron chi connectivity index (χ0n) is 9.49. The highest BCUT2D eigenvalue weighted by Crippen LogP contribution is 2.37. The topological polar surface area (TPSA) is 20.3 Å². The van der Waals surface area contributed by atoms with E-state index in [1.54, 1.807) is 0 Å². The SMILES string of the molecule is CC1CCC2C(=O)CC(C)N(C)C2C1. The van der Waals surface area contributed by atoms with E-state index >= 15 is 0 Å². The number of fused-ring (bicyclic) bond motifs is 1. The molecule has 1 aliphatic heterocycles. The summed E-state index contributed by atoms with van der Waals surface area (Å²) in [6.07, 6.45) is 4.36. The second-order valence-electron chi connectivity index (χ2n) is 5.28. The monoisotopic (exact) mass is 195 g/mol. The summed E-state index contributed by atoms with van der Waals surface area (Å²) in [5, 5.41) is 0. The molecule has 2 nitrogen and oxygen atoms in total. The Morgan fingerprint density at radius 1 is 1.29 bits per heavy atom. The highest BCUT2D eigenvalue weighted by molar-refractivity contribution is 5.83. The molecule has 2 rings (SSSR count). The van der Waals surface area contributed by atoms with E-state index in [0.717, 1.165) is 18.8 Å². The largest absolute Gasteiger partial charge is 0.300 e.